The van der Waals surface area contributed by atoms with Crippen LogP contribution in [-0.2, 0) is 9.47 Å². The number of nitrogens with one attached hydrogen (secondary N) is 1. The summed E-state index contributed by atoms with van der Waals surface area (Å²) in [5.41, 5.74) is 5.74. The van der Waals surface area contributed by atoms with E-state index in [1.54, 1.807) is 14.2 Å². The molecule has 0 spiro atoms. The molecule has 7 nitrogen and oxygen atoms in total. The van der Waals surface area contributed by atoms with Gasteiger partial charge >= 0.3 is 0 Å². The molecule has 0 bridgehead atoms. The van der Waals surface area contributed by atoms with E-state index in [2.05, 4.69) is 20.2 Å². The standard InChI is InChI=1S/C12H21N5O2/c1-4-14-10-5-11(16-12(13)15-10)17-6-8(18-2)9(7-17)19-3/h5,8-9H,4,6-7H2,1-3H3,(H3,13,14,15,16). The van der Waals surface area contributed by atoms with Gasteiger partial charge in [0.25, 0.3) is 0 Å². The zero-order valence-electron chi connectivity index (χ0n) is 11.6. The third-order valence-electron chi connectivity index (χ3n) is 3.23. The molecule has 0 aromatic carbocycles. The topological polar surface area (TPSA) is 85.5 Å². The van der Waals surface area contributed by atoms with Crippen LogP contribution < -0.4 is 16.0 Å². The van der Waals surface area contributed by atoms with E-state index < -0.39 is 0 Å². The first kappa shape index (κ1) is 13.8. The van der Waals surface area contributed by atoms with E-state index in [-0.39, 0.29) is 18.2 Å². The molecule has 1 aromatic heterocycles. The smallest absolute Gasteiger partial charge is 0.223 e. The lowest BCUT2D eigenvalue weighted by Gasteiger charge is -2.18. The van der Waals surface area contributed by atoms with Gasteiger partial charge in [0.1, 0.15) is 23.8 Å². The van der Waals surface area contributed by atoms with Crippen LogP contribution in [0, 0.1) is 0 Å². The van der Waals surface area contributed by atoms with Gasteiger partial charge in [0.05, 0.1) is 0 Å². The van der Waals surface area contributed by atoms with E-state index in [0.29, 0.717) is 0 Å². The molecule has 2 atom stereocenters. The molecule has 7 heteroatoms. The van der Waals surface area contributed by atoms with Crippen LogP contribution in [0.5, 0.6) is 0 Å². The Morgan fingerprint density at radius 1 is 1.32 bits per heavy atom. The van der Waals surface area contributed by atoms with Crippen molar-refractivity contribution in [1.82, 2.24) is 9.97 Å². The van der Waals surface area contributed by atoms with Crippen LogP contribution in [0.1, 0.15) is 6.92 Å². The molecule has 1 aliphatic rings. The molecule has 0 radical (unpaired) electrons. The van der Waals surface area contributed by atoms with Crippen LogP contribution in [0.4, 0.5) is 17.6 Å². The van der Waals surface area contributed by atoms with Gasteiger partial charge in [-0.1, -0.05) is 0 Å². The van der Waals surface area contributed by atoms with Crippen molar-refractivity contribution in [3.63, 3.8) is 0 Å². The largest absolute Gasteiger partial charge is 0.377 e. The summed E-state index contributed by atoms with van der Waals surface area (Å²) in [6.07, 6.45) is 0.0903. The first-order valence-electron chi connectivity index (χ1n) is 6.36. The van der Waals surface area contributed by atoms with Crippen LogP contribution in [0.15, 0.2) is 6.07 Å². The van der Waals surface area contributed by atoms with Crippen molar-refractivity contribution in [1.29, 1.82) is 0 Å². The Morgan fingerprint density at radius 3 is 2.47 bits per heavy atom. The van der Waals surface area contributed by atoms with E-state index in [4.69, 9.17) is 15.2 Å². The number of ether oxygens (including phenoxy) is 2. The fourth-order valence-electron chi connectivity index (χ4n) is 2.27. The summed E-state index contributed by atoms with van der Waals surface area (Å²) in [5, 5.41) is 3.14. The van der Waals surface area contributed by atoms with Gasteiger partial charge in [-0.25, -0.2) is 0 Å². The Hall–Kier alpha value is -1.60. The highest BCUT2D eigenvalue weighted by Crippen LogP contribution is 2.24. The summed E-state index contributed by atoms with van der Waals surface area (Å²) < 4.78 is 10.8. The second kappa shape index (κ2) is 6.03. The number of hydrogen-bond acceptors (Lipinski definition) is 7. The molecule has 2 rings (SSSR count). The third kappa shape index (κ3) is 3.05. The number of anilines is 3. The lowest BCUT2D eigenvalue weighted by Crippen LogP contribution is -2.27. The van der Waals surface area contributed by atoms with Gasteiger partial charge in [-0.2, -0.15) is 9.97 Å². The number of hydrogen-bond donors (Lipinski definition) is 2. The van der Waals surface area contributed by atoms with Gasteiger partial charge in [-0.15, -0.1) is 0 Å². The SMILES string of the molecule is CCNc1cc(N2CC(OC)C(OC)C2)nc(N)n1. The molecule has 1 aliphatic heterocycles. The first-order valence-corrected chi connectivity index (χ1v) is 6.36. The maximum Gasteiger partial charge on any atom is 0.223 e. The maximum atomic E-state index is 5.74. The predicted octanol–water partition coefficient (Wildman–Crippen LogP) is 0.341. The quantitative estimate of drug-likeness (QED) is 0.795. The van der Waals surface area contributed by atoms with Gasteiger partial charge in [-0.05, 0) is 6.92 Å². The molecule has 2 unspecified atom stereocenters. The number of nitrogen functional groups attached to an aromatic ring is 1. The number of nitrogens with two attached hydrogens (primary N) is 1. The highest BCUT2D eigenvalue weighted by molar-refractivity contribution is 5.53. The minimum atomic E-state index is 0.0452. The van der Waals surface area contributed by atoms with Crippen LogP contribution in [-0.4, -0.2) is 56.0 Å². The molecule has 0 amide bonds. The molecule has 1 saturated heterocycles. The van der Waals surface area contributed by atoms with Crippen molar-refractivity contribution in [3.05, 3.63) is 6.07 Å². The molecule has 2 heterocycles. The summed E-state index contributed by atoms with van der Waals surface area (Å²) in [6.45, 7) is 4.26. The molecule has 0 aliphatic carbocycles. The van der Waals surface area contributed by atoms with Crippen molar-refractivity contribution in [2.24, 2.45) is 0 Å². The van der Waals surface area contributed by atoms with Gasteiger partial charge in [0, 0.05) is 39.9 Å². The first-order chi connectivity index (χ1) is 9.17. The van der Waals surface area contributed by atoms with Gasteiger partial charge < -0.3 is 25.4 Å². The molecule has 0 saturated carbocycles. The minimum absolute atomic E-state index is 0.0452. The molecular formula is C12H21N5O2. The van der Waals surface area contributed by atoms with Crippen molar-refractivity contribution in [2.45, 2.75) is 19.1 Å². The second-order valence-electron chi connectivity index (χ2n) is 4.45. The molecule has 1 aromatic rings. The molecule has 3 N–H and O–H groups in total. The average molecular weight is 267 g/mol. The predicted molar refractivity (Wildman–Crippen MR) is 74.4 cm³/mol. The number of methoxy groups -OCH3 is 2. The van der Waals surface area contributed by atoms with Gasteiger partial charge in [-0.3, -0.25) is 0 Å². The fourth-order valence-corrected chi connectivity index (χ4v) is 2.27. The Kier molecular flexibility index (Phi) is 4.39. The van der Waals surface area contributed by atoms with E-state index in [9.17, 15) is 0 Å². The summed E-state index contributed by atoms with van der Waals surface area (Å²) in [4.78, 5) is 10.5. The lowest BCUT2D eigenvalue weighted by atomic mass is 10.3. The zero-order valence-corrected chi connectivity index (χ0v) is 11.6. The molecule has 106 valence electrons. The Morgan fingerprint density at radius 2 is 1.95 bits per heavy atom. The average Bonchev–Trinajstić information content (AvgIpc) is 2.81. The number of nitrogens with zero attached hydrogens (tertiary/aromatic N) is 3. The second-order valence-corrected chi connectivity index (χ2v) is 4.45. The van der Waals surface area contributed by atoms with E-state index >= 15 is 0 Å². The lowest BCUT2D eigenvalue weighted by molar-refractivity contribution is -0.00461. The summed E-state index contributed by atoms with van der Waals surface area (Å²) >= 11 is 0. The highest BCUT2D eigenvalue weighted by Gasteiger charge is 2.33. The van der Waals surface area contributed by atoms with Gasteiger partial charge in [0.2, 0.25) is 5.95 Å². The summed E-state index contributed by atoms with van der Waals surface area (Å²) in [7, 11) is 3.39. The summed E-state index contributed by atoms with van der Waals surface area (Å²) in [6, 6.07) is 1.89. The minimum Gasteiger partial charge on any atom is -0.377 e. The monoisotopic (exact) mass is 267 g/mol. The van der Waals surface area contributed by atoms with E-state index in [1.165, 1.54) is 0 Å². The third-order valence-corrected chi connectivity index (χ3v) is 3.23. The summed E-state index contributed by atoms with van der Waals surface area (Å²) in [5.74, 6) is 1.80. The Labute approximate surface area is 113 Å². The zero-order chi connectivity index (χ0) is 13.8. The van der Waals surface area contributed by atoms with Crippen LogP contribution in [0.3, 0.4) is 0 Å². The fraction of sp³-hybridized carbons (Fsp3) is 0.667. The molecular weight excluding hydrogens is 246 g/mol. The van der Waals surface area contributed by atoms with Crippen LogP contribution in [0.25, 0.3) is 0 Å². The van der Waals surface area contributed by atoms with Crippen molar-refractivity contribution < 1.29 is 9.47 Å². The Bertz CT molecular complexity index is 417. The number of rotatable bonds is 5. The van der Waals surface area contributed by atoms with Crippen molar-refractivity contribution >= 4 is 17.6 Å². The van der Waals surface area contributed by atoms with E-state index in [1.807, 2.05) is 13.0 Å². The maximum absolute atomic E-state index is 5.74. The van der Waals surface area contributed by atoms with Crippen molar-refractivity contribution in [2.75, 3.05) is 49.8 Å². The van der Waals surface area contributed by atoms with Crippen molar-refractivity contribution in [3.8, 4) is 0 Å². The Balaban J connectivity index is 2.18. The van der Waals surface area contributed by atoms with Gasteiger partial charge in [0.15, 0.2) is 0 Å². The van der Waals surface area contributed by atoms with E-state index in [0.717, 1.165) is 31.3 Å². The number of aromatic nitrogens is 2. The molecule has 1 fully saturated rings. The molecule has 19 heavy (non-hydrogen) atoms. The van der Waals surface area contributed by atoms with Crippen LogP contribution >= 0.6 is 0 Å². The van der Waals surface area contributed by atoms with Crippen LogP contribution in [0.2, 0.25) is 0 Å². The highest BCUT2D eigenvalue weighted by atomic mass is 16.5. The normalized spacial score (nSPS) is 22.8.